The molecular weight excluding hydrogens is 346 g/mol. The van der Waals surface area contributed by atoms with Crippen molar-refractivity contribution in [1.82, 2.24) is 4.31 Å². The average Bonchev–Trinajstić information content (AvgIpc) is 2.94. The molecule has 1 aliphatic heterocycles. The van der Waals surface area contributed by atoms with Crippen LogP contribution in [0.15, 0.2) is 48.1 Å². The van der Waals surface area contributed by atoms with E-state index >= 15 is 0 Å². The first-order valence-electron chi connectivity index (χ1n) is 7.49. The monoisotopic (exact) mass is 365 g/mol. The minimum Gasteiger partial charge on any atom is -0.460 e. The zero-order chi connectivity index (χ0) is 18.5. The van der Waals surface area contributed by atoms with Crippen LogP contribution >= 0.6 is 0 Å². The van der Waals surface area contributed by atoms with Gasteiger partial charge in [-0.25, -0.2) is 5.14 Å². The van der Waals surface area contributed by atoms with Gasteiger partial charge in [0.25, 0.3) is 10.2 Å². The molecule has 2 atom stereocenters. The second-order valence-corrected chi connectivity index (χ2v) is 7.28. The highest BCUT2D eigenvalue weighted by molar-refractivity contribution is 7.86. The zero-order valence-corrected chi connectivity index (χ0v) is 14.3. The minimum atomic E-state index is -4.04. The van der Waals surface area contributed by atoms with Crippen LogP contribution in [0.5, 0.6) is 0 Å². The van der Waals surface area contributed by atoms with Crippen LogP contribution in [0.2, 0.25) is 0 Å². The lowest BCUT2D eigenvalue weighted by atomic mass is 9.85. The zero-order valence-electron chi connectivity index (χ0n) is 13.5. The first kappa shape index (κ1) is 18.9. The molecule has 0 radical (unpaired) electrons. The number of ether oxygens (including phenoxy) is 1. The summed E-state index contributed by atoms with van der Waals surface area (Å²) in [5, 5.41) is 8.79. The van der Waals surface area contributed by atoms with E-state index in [1.54, 1.807) is 24.3 Å². The minimum absolute atomic E-state index is 0.0153. The highest BCUT2D eigenvalue weighted by Crippen LogP contribution is 2.36. The molecule has 1 unspecified atom stereocenters. The summed E-state index contributed by atoms with van der Waals surface area (Å²) < 4.78 is 29.6. The molecule has 0 spiro atoms. The molecule has 1 saturated heterocycles. The van der Waals surface area contributed by atoms with Crippen LogP contribution < -0.4 is 5.14 Å². The molecule has 10 heteroatoms. The molecule has 25 heavy (non-hydrogen) atoms. The highest BCUT2D eigenvalue weighted by Gasteiger charge is 2.54. The Morgan fingerprint density at radius 3 is 2.76 bits per heavy atom. The Hall–Kier alpha value is -2.39. The second kappa shape index (κ2) is 7.66. The molecule has 0 aromatic heterocycles. The number of benzene rings is 1. The van der Waals surface area contributed by atoms with E-state index in [4.69, 9.17) is 15.4 Å². The van der Waals surface area contributed by atoms with Gasteiger partial charge < -0.3 is 4.74 Å². The molecule has 0 aliphatic carbocycles. The highest BCUT2D eigenvalue weighted by atomic mass is 32.2. The first-order chi connectivity index (χ1) is 11.8. The van der Waals surface area contributed by atoms with Crippen LogP contribution in [-0.2, 0) is 26.3 Å². The average molecular weight is 365 g/mol. The topological polar surface area (TPSA) is 138 Å². The van der Waals surface area contributed by atoms with Gasteiger partial charge in [-0.1, -0.05) is 41.5 Å². The predicted octanol–water partition coefficient (Wildman–Crippen LogP) is 1.49. The standard InChI is InChI=1S/C15H19N5O4S/c1-2-6-13-9-20(25(17,22)23)11-15(13,18-19-16)14(21)24-10-12-7-4-3-5-8-12/h2-5,7-8,13H,1,6,9-11H2,(H2,17,22,23)/t13-,15?/m0/s1. The van der Waals surface area contributed by atoms with Crippen LogP contribution in [0.25, 0.3) is 10.4 Å². The number of rotatable bonds is 7. The fraction of sp³-hybridized carbons (Fsp3) is 0.400. The van der Waals surface area contributed by atoms with E-state index < -0.39 is 27.6 Å². The number of hydrogen-bond donors (Lipinski definition) is 1. The third-order valence-electron chi connectivity index (χ3n) is 4.12. The molecule has 0 bridgehead atoms. The molecule has 134 valence electrons. The van der Waals surface area contributed by atoms with Crippen LogP contribution in [0.1, 0.15) is 12.0 Å². The fourth-order valence-corrected chi connectivity index (χ4v) is 3.60. The Labute approximate surface area is 145 Å². The van der Waals surface area contributed by atoms with Crippen molar-refractivity contribution in [1.29, 1.82) is 0 Å². The van der Waals surface area contributed by atoms with Crippen LogP contribution in [0.3, 0.4) is 0 Å². The maximum absolute atomic E-state index is 12.7. The van der Waals surface area contributed by atoms with Crippen molar-refractivity contribution in [3.8, 4) is 0 Å². The summed E-state index contributed by atoms with van der Waals surface area (Å²) in [6.07, 6.45) is 1.80. The molecule has 1 heterocycles. The van der Waals surface area contributed by atoms with Crippen molar-refractivity contribution < 1.29 is 17.9 Å². The van der Waals surface area contributed by atoms with Crippen LogP contribution in [0.4, 0.5) is 0 Å². The predicted molar refractivity (Wildman–Crippen MR) is 91.1 cm³/mol. The van der Waals surface area contributed by atoms with E-state index in [0.717, 1.165) is 9.87 Å². The molecule has 2 N–H and O–H groups in total. The molecule has 0 saturated carbocycles. The summed E-state index contributed by atoms with van der Waals surface area (Å²) in [5.74, 6) is -1.39. The lowest BCUT2D eigenvalue weighted by Crippen LogP contribution is -2.46. The van der Waals surface area contributed by atoms with Crippen molar-refractivity contribution >= 4 is 16.2 Å². The van der Waals surface area contributed by atoms with Crippen molar-refractivity contribution in [2.24, 2.45) is 16.2 Å². The Morgan fingerprint density at radius 1 is 1.52 bits per heavy atom. The molecule has 9 nitrogen and oxygen atoms in total. The van der Waals surface area contributed by atoms with Crippen LogP contribution in [-0.4, -0.2) is 37.3 Å². The van der Waals surface area contributed by atoms with E-state index in [2.05, 4.69) is 16.6 Å². The largest absolute Gasteiger partial charge is 0.460 e. The summed E-state index contributed by atoms with van der Waals surface area (Å²) in [5.41, 5.74) is 8.01. The lowest BCUT2D eigenvalue weighted by molar-refractivity contribution is -0.152. The van der Waals surface area contributed by atoms with Crippen molar-refractivity contribution in [2.45, 2.75) is 18.6 Å². The molecule has 0 amide bonds. The van der Waals surface area contributed by atoms with Gasteiger partial charge in [0.05, 0.1) is 0 Å². The number of esters is 1. The van der Waals surface area contributed by atoms with E-state index in [-0.39, 0.29) is 26.1 Å². The Kier molecular flexibility index (Phi) is 5.81. The van der Waals surface area contributed by atoms with Gasteiger partial charge in [0.1, 0.15) is 6.61 Å². The number of carbonyl (C=O) groups is 1. The quantitative estimate of drug-likeness (QED) is 0.257. The maximum Gasteiger partial charge on any atom is 0.320 e. The van der Waals surface area contributed by atoms with Gasteiger partial charge in [-0.3, -0.25) is 4.79 Å². The van der Waals surface area contributed by atoms with E-state index in [9.17, 15) is 13.2 Å². The number of nitrogens with zero attached hydrogens (tertiary/aromatic N) is 4. The third-order valence-corrected chi connectivity index (χ3v) is 5.12. The molecule has 1 aliphatic rings. The Balaban J connectivity index is 2.29. The van der Waals surface area contributed by atoms with Crippen molar-refractivity contribution in [2.75, 3.05) is 13.1 Å². The van der Waals surface area contributed by atoms with Gasteiger partial charge >= 0.3 is 5.97 Å². The van der Waals surface area contributed by atoms with Crippen LogP contribution in [0, 0.1) is 5.92 Å². The van der Waals surface area contributed by atoms with E-state index in [0.29, 0.717) is 0 Å². The van der Waals surface area contributed by atoms with Gasteiger partial charge in [-0.05, 0) is 23.4 Å². The summed E-state index contributed by atoms with van der Waals surface area (Å²) in [6, 6.07) is 8.98. The maximum atomic E-state index is 12.7. The molecule has 1 fully saturated rings. The number of nitrogens with two attached hydrogens (primary N) is 1. The van der Waals surface area contributed by atoms with E-state index in [1.165, 1.54) is 6.08 Å². The summed E-state index contributed by atoms with van der Waals surface area (Å²) in [4.78, 5) is 15.4. The third kappa shape index (κ3) is 4.18. The molecule has 1 aromatic carbocycles. The fourth-order valence-electron chi connectivity index (χ4n) is 2.84. The smallest absolute Gasteiger partial charge is 0.320 e. The van der Waals surface area contributed by atoms with Gasteiger partial charge in [0.2, 0.25) is 0 Å². The lowest BCUT2D eigenvalue weighted by Gasteiger charge is -2.26. The number of azide groups is 1. The normalized spacial score (nSPS) is 23.6. The number of hydrogen-bond acceptors (Lipinski definition) is 5. The van der Waals surface area contributed by atoms with E-state index in [1.807, 2.05) is 6.07 Å². The first-order valence-corrected chi connectivity index (χ1v) is 9.00. The number of carbonyl (C=O) groups excluding carboxylic acids is 1. The van der Waals surface area contributed by atoms with Gasteiger partial charge in [0, 0.05) is 18.0 Å². The molecule has 1 aromatic rings. The Morgan fingerprint density at radius 2 is 2.20 bits per heavy atom. The second-order valence-electron chi connectivity index (χ2n) is 5.73. The van der Waals surface area contributed by atoms with Crippen molar-refractivity contribution in [3.63, 3.8) is 0 Å². The summed E-state index contributed by atoms with van der Waals surface area (Å²) in [6.45, 7) is 3.18. The van der Waals surface area contributed by atoms with Gasteiger partial charge in [-0.2, -0.15) is 12.7 Å². The van der Waals surface area contributed by atoms with Gasteiger partial charge in [0.15, 0.2) is 5.54 Å². The molecule has 2 rings (SSSR count). The SMILES string of the molecule is C=CC[C@H]1CN(S(N)(=O)=O)CC1(N=[N+]=[N-])C(=O)OCc1ccccc1. The number of allylic oxidation sites excluding steroid dienone is 1. The Bertz CT molecular complexity index is 791. The van der Waals surface area contributed by atoms with Gasteiger partial charge in [-0.15, -0.1) is 6.58 Å². The summed E-state index contributed by atoms with van der Waals surface area (Å²) >= 11 is 0. The summed E-state index contributed by atoms with van der Waals surface area (Å²) in [7, 11) is -4.04. The van der Waals surface area contributed by atoms with Crippen molar-refractivity contribution in [3.05, 3.63) is 59.0 Å². The molecular formula is C15H19N5O4S.